The molecular formula is C27H27F3N6O3S. The molecule has 3 heterocycles. The Morgan fingerprint density at radius 3 is 2.65 bits per heavy atom. The van der Waals surface area contributed by atoms with E-state index in [0.29, 0.717) is 36.6 Å². The van der Waals surface area contributed by atoms with Crippen LogP contribution in [0.3, 0.4) is 0 Å². The number of anilines is 2. The second-order valence-corrected chi connectivity index (χ2v) is 11.6. The Hall–Kier alpha value is -3.74. The minimum Gasteiger partial charge on any atom is -0.348 e. The van der Waals surface area contributed by atoms with Gasteiger partial charge in [-0.1, -0.05) is 18.2 Å². The third-order valence-corrected chi connectivity index (χ3v) is 8.93. The zero-order chi connectivity index (χ0) is 28.0. The van der Waals surface area contributed by atoms with Crippen LogP contribution in [0.5, 0.6) is 0 Å². The summed E-state index contributed by atoms with van der Waals surface area (Å²) in [6.45, 7) is 0.365. The number of nitrogens with one attached hydrogen (secondary N) is 3. The molecule has 3 amide bonds. The zero-order valence-electron chi connectivity index (χ0n) is 21.4. The van der Waals surface area contributed by atoms with Crippen molar-refractivity contribution in [3.05, 3.63) is 57.9 Å². The maximum absolute atomic E-state index is 13.0. The molecule has 2 aliphatic carbocycles. The quantitative estimate of drug-likeness (QED) is 0.424. The van der Waals surface area contributed by atoms with E-state index in [0.717, 1.165) is 21.8 Å². The Morgan fingerprint density at radius 1 is 1.10 bits per heavy atom. The molecule has 0 saturated heterocycles. The number of thiazole rings is 1. The first-order chi connectivity index (χ1) is 19.1. The average molecular weight is 573 g/mol. The summed E-state index contributed by atoms with van der Waals surface area (Å²) >= 11 is 1.33. The van der Waals surface area contributed by atoms with Crippen molar-refractivity contribution >= 4 is 39.9 Å². The van der Waals surface area contributed by atoms with Crippen LogP contribution < -0.4 is 16.0 Å². The fourth-order valence-electron chi connectivity index (χ4n) is 5.66. The van der Waals surface area contributed by atoms with E-state index >= 15 is 0 Å². The summed E-state index contributed by atoms with van der Waals surface area (Å²) in [5.41, 5.74) is 2.94. The molecule has 1 fully saturated rings. The lowest BCUT2D eigenvalue weighted by molar-refractivity contribution is -0.184. The van der Waals surface area contributed by atoms with Gasteiger partial charge in [0.1, 0.15) is 5.69 Å². The van der Waals surface area contributed by atoms with Crippen molar-refractivity contribution in [2.24, 2.45) is 11.8 Å². The predicted octanol–water partition coefficient (Wildman–Crippen LogP) is 4.55. The van der Waals surface area contributed by atoms with Gasteiger partial charge < -0.3 is 16.0 Å². The zero-order valence-corrected chi connectivity index (χ0v) is 22.2. The van der Waals surface area contributed by atoms with E-state index < -0.39 is 18.0 Å². The molecule has 1 unspecified atom stereocenters. The van der Waals surface area contributed by atoms with Crippen LogP contribution >= 0.6 is 11.3 Å². The molecule has 3 aromatic rings. The highest BCUT2D eigenvalue weighted by atomic mass is 32.1. The number of hydrogen-bond acceptors (Lipinski definition) is 6. The van der Waals surface area contributed by atoms with E-state index in [2.05, 4.69) is 26.0 Å². The number of aryl methyl sites for hydroxylation is 1. The van der Waals surface area contributed by atoms with Crippen molar-refractivity contribution < 1.29 is 27.6 Å². The maximum Gasteiger partial charge on any atom is 0.391 e. The lowest BCUT2D eigenvalue weighted by Gasteiger charge is -2.28. The number of aromatic nitrogens is 3. The Labute approximate surface area is 231 Å². The summed E-state index contributed by atoms with van der Waals surface area (Å²) in [5.74, 6) is -2.77. The second-order valence-electron chi connectivity index (χ2n) is 10.6. The van der Waals surface area contributed by atoms with Gasteiger partial charge >= 0.3 is 6.18 Å². The highest BCUT2D eigenvalue weighted by molar-refractivity contribution is 7.15. The minimum atomic E-state index is -4.21. The first-order valence-electron chi connectivity index (χ1n) is 13.3. The summed E-state index contributed by atoms with van der Waals surface area (Å²) in [4.78, 5) is 43.9. The molecule has 0 bridgehead atoms. The Morgan fingerprint density at radius 2 is 1.88 bits per heavy atom. The van der Waals surface area contributed by atoms with Crippen molar-refractivity contribution in [1.82, 2.24) is 20.1 Å². The first kappa shape index (κ1) is 26.5. The van der Waals surface area contributed by atoms with E-state index in [9.17, 15) is 27.6 Å². The van der Waals surface area contributed by atoms with Gasteiger partial charge in [0.2, 0.25) is 5.91 Å². The largest absolute Gasteiger partial charge is 0.391 e. The third-order valence-electron chi connectivity index (χ3n) is 7.90. The molecule has 40 heavy (non-hydrogen) atoms. The monoisotopic (exact) mass is 572 g/mol. The van der Waals surface area contributed by atoms with Crippen molar-refractivity contribution in [3.8, 4) is 0 Å². The van der Waals surface area contributed by atoms with Gasteiger partial charge in [0.15, 0.2) is 10.8 Å². The molecule has 1 aliphatic heterocycles. The van der Waals surface area contributed by atoms with E-state index in [4.69, 9.17) is 0 Å². The SMILES string of the molecule is O=C(NC1CCc2nc(NC(=O)C3CCC(C(F)(F)F)CC3)sc2C1)c1cc2n(n1)Cc1ccccc1NC2=O. The van der Waals surface area contributed by atoms with E-state index in [1.165, 1.54) is 22.1 Å². The molecule has 3 aliphatic rings. The number of para-hydroxylation sites is 1. The van der Waals surface area contributed by atoms with Crippen molar-refractivity contribution in [2.45, 2.75) is 63.7 Å². The number of carbonyl (C=O) groups is 3. The number of amides is 3. The number of fused-ring (bicyclic) bond motifs is 3. The van der Waals surface area contributed by atoms with E-state index in [-0.39, 0.29) is 55.1 Å². The Kier molecular flexibility index (Phi) is 6.85. The molecule has 6 rings (SSSR count). The summed E-state index contributed by atoms with van der Waals surface area (Å²) < 4.78 is 40.3. The van der Waals surface area contributed by atoms with Crippen molar-refractivity contribution in [1.29, 1.82) is 0 Å². The van der Waals surface area contributed by atoms with Crippen LogP contribution in [0.15, 0.2) is 30.3 Å². The van der Waals surface area contributed by atoms with Crippen LogP contribution in [-0.4, -0.2) is 44.7 Å². The molecule has 1 aromatic carbocycles. The molecular weight excluding hydrogens is 545 g/mol. The van der Waals surface area contributed by atoms with Crippen LogP contribution in [0.25, 0.3) is 0 Å². The summed E-state index contributed by atoms with van der Waals surface area (Å²) in [6, 6.07) is 8.77. The third kappa shape index (κ3) is 5.34. The lowest BCUT2D eigenvalue weighted by Crippen LogP contribution is -2.38. The second kappa shape index (κ2) is 10.3. The van der Waals surface area contributed by atoms with Crippen LogP contribution in [0.2, 0.25) is 0 Å². The molecule has 0 radical (unpaired) electrons. The van der Waals surface area contributed by atoms with Crippen molar-refractivity contribution in [3.63, 3.8) is 0 Å². The molecule has 3 N–H and O–H groups in total. The van der Waals surface area contributed by atoms with Crippen LogP contribution in [-0.2, 0) is 24.2 Å². The van der Waals surface area contributed by atoms with Gasteiger partial charge in [0.25, 0.3) is 11.8 Å². The normalized spacial score (nSPS) is 22.3. The standard InChI is InChI=1S/C27H27F3N6O3S/c28-27(29,30)16-7-5-14(6-8-16)23(37)34-26-33-19-10-9-17(11-22(19)40-26)31-24(38)20-12-21-25(39)32-18-4-2-1-3-15(18)13-36(21)35-20/h1-4,12,14,16-17H,5-11,13H2,(H,31,38)(H,32,39)(H,33,34,37). The first-order valence-corrected chi connectivity index (χ1v) is 14.1. The number of nitrogens with zero attached hydrogens (tertiary/aromatic N) is 3. The Balaban J connectivity index is 1.06. The number of halogens is 3. The van der Waals surface area contributed by atoms with Gasteiger partial charge in [-0.2, -0.15) is 18.3 Å². The fourth-order valence-corrected chi connectivity index (χ4v) is 6.75. The molecule has 2 aromatic heterocycles. The number of benzene rings is 1. The molecule has 13 heteroatoms. The van der Waals surface area contributed by atoms with E-state index in [1.54, 1.807) is 0 Å². The summed E-state index contributed by atoms with van der Waals surface area (Å²) in [5, 5.41) is 13.5. The molecule has 0 spiro atoms. The summed E-state index contributed by atoms with van der Waals surface area (Å²) in [7, 11) is 0. The topological polar surface area (TPSA) is 118 Å². The Bertz CT molecular complexity index is 1470. The fraction of sp³-hybridized carbons (Fsp3) is 0.444. The number of hydrogen-bond donors (Lipinski definition) is 3. The number of alkyl halides is 3. The van der Waals surface area contributed by atoms with Gasteiger partial charge in [-0.05, 0) is 50.2 Å². The highest BCUT2D eigenvalue weighted by Gasteiger charge is 2.42. The lowest BCUT2D eigenvalue weighted by atomic mass is 9.81. The smallest absolute Gasteiger partial charge is 0.348 e. The molecule has 1 saturated carbocycles. The van der Waals surface area contributed by atoms with Crippen LogP contribution in [0, 0.1) is 11.8 Å². The summed E-state index contributed by atoms with van der Waals surface area (Å²) in [6.07, 6.45) is -2.06. The predicted molar refractivity (Wildman–Crippen MR) is 141 cm³/mol. The highest BCUT2D eigenvalue weighted by Crippen LogP contribution is 2.40. The van der Waals surface area contributed by atoms with Crippen molar-refractivity contribution in [2.75, 3.05) is 10.6 Å². The maximum atomic E-state index is 13.0. The van der Waals surface area contributed by atoms with Crippen LogP contribution in [0.1, 0.15) is 69.2 Å². The van der Waals surface area contributed by atoms with Gasteiger partial charge in [-0.3, -0.25) is 19.1 Å². The molecule has 210 valence electrons. The molecule has 9 nitrogen and oxygen atoms in total. The average Bonchev–Trinajstić information content (AvgIpc) is 3.49. The van der Waals surface area contributed by atoms with Gasteiger partial charge in [-0.15, -0.1) is 11.3 Å². The van der Waals surface area contributed by atoms with Gasteiger partial charge in [0, 0.05) is 35.0 Å². The molecule has 1 atom stereocenters. The number of rotatable bonds is 4. The van der Waals surface area contributed by atoms with Gasteiger partial charge in [-0.25, -0.2) is 4.98 Å². The number of carbonyl (C=O) groups excluding carboxylic acids is 3. The van der Waals surface area contributed by atoms with E-state index in [1.807, 2.05) is 24.3 Å². The van der Waals surface area contributed by atoms with Crippen LogP contribution in [0.4, 0.5) is 24.0 Å². The van der Waals surface area contributed by atoms with Gasteiger partial charge in [0.05, 0.1) is 18.2 Å². The minimum absolute atomic E-state index is 0.0327.